The molecule has 2 heterocycles. The number of hydrogen-bond donors (Lipinski definition) is 1. The van der Waals surface area contributed by atoms with Gasteiger partial charge in [-0.1, -0.05) is 6.07 Å². The average molecular weight is 285 g/mol. The van der Waals surface area contributed by atoms with E-state index in [9.17, 15) is 0 Å². The summed E-state index contributed by atoms with van der Waals surface area (Å²) in [4.78, 5) is 4.44. The summed E-state index contributed by atoms with van der Waals surface area (Å²) in [6.07, 6.45) is 2.76. The van der Waals surface area contributed by atoms with E-state index < -0.39 is 0 Å². The number of aromatic nitrogens is 4. The van der Waals surface area contributed by atoms with Crippen molar-refractivity contribution in [2.75, 3.05) is 12.3 Å². The molecule has 6 heteroatoms. The SMILES string of the molecule is CCOc1cccc2c1nc(N)n2CCc1ccn(C)n1. The van der Waals surface area contributed by atoms with Gasteiger partial charge in [0.25, 0.3) is 0 Å². The number of nitrogens with zero attached hydrogens (tertiary/aromatic N) is 4. The van der Waals surface area contributed by atoms with Crippen molar-refractivity contribution in [2.24, 2.45) is 7.05 Å². The van der Waals surface area contributed by atoms with Gasteiger partial charge < -0.3 is 15.0 Å². The molecule has 2 N–H and O–H groups in total. The Balaban J connectivity index is 1.91. The number of rotatable bonds is 5. The van der Waals surface area contributed by atoms with Gasteiger partial charge in [0.2, 0.25) is 5.95 Å². The van der Waals surface area contributed by atoms with Crippen LogP contribution in [0, 0.1) is 0 Å². The molecule has 0 saturated carbocycles. The molecule has 21 heavy (non-hydrogen) atoms. The highest BCUT2D eigenvalue weighted by atomic mass is 16.5. The van der Waals surface area contributed by atoms with Crippen LogP contribution < -0.4 is 10.5 Å². The lowest BCUT2D eigenvalue weighted by molar-refractivity contribution is 0.343. The van der Waals surface area contributed by atoms with Crippen LogP contribution in [-0.2, 0) is 20.0 Å². The van der Waals surface area contributed by atoms with E-state index in [2.05, 4.69) is 10.1 Å². The summed E-state index contributed by atoms with van der Waals surface area (Å²) < 4.78 is 9.42. The Morgan fingerprint density at radius 1 is 1.29 bits per heavy atom. The van der Waals surface area contributed by atoms with E-state index >= 15 is 0 Å². The Bertz CT molecular complexity index is 759. The highest BCUT2D eigenvalue weighted by Crippen LogP contribution is 2.27. The number of benzene rings is 1. The minimum absolute atomic E-state index is 0.507. The minimum Gasteiger partial charge on any atom is -0.492 e. The summed E-state index contributed by atoms with van der Waals surface area (Å²) in [5.41, 5.74) is 8.91. The van der Waals surface area contributed by atoms with Gasteiger partial charge in [-0.05, 0) is 25.1 Å². The summed E-state index contributed by atoms with van der Waals surface area (Å²) in [7, 11) is 1.92. The summed E-state index contributed by atoms with van der Waals surface area (Å²) in [6, 6.07) is 7.91. The largest absolute Gasteiger partial charge is 0.492 e. The number of aryl methyl sites for hydroxylation is 3. The van der Waals surface area contributed by atoms with Crippen LogP contribution >= 0.6 is 0 Å². The third kappa shape index (κ3) is 2.56. The maximum Gasteiger partial charge on any atom is 0.201 e. The lowest BCUT2D eigenvalue weighted by Crippen LogP contribution is -2.06. The highest BCUT2D eigenvalue weighted by molar-refractivity contribution is 5.84. The van der Waals surface area contributed by atoms with Crippen molar-refractivity contribution in [2.45, 2.75) is 19.9 Å². The second kappa shape index (κ2) is 5.47. The molecule has 3 rings (SSSR count). The lowest BCUT2D eigenvalue weighted by atomic mass is 10.2. The fourth-order valence-electron chi connectivity index (χ4n) is 2.47. The third-order valence-electron chi connectivity index (χ3n) is 3.43. The van der Waals surface area contributed by atoms with Crippen LogP contribution in [0.3, 0.4) is 0 Å². The van der Waals surface area contributed by atoms with Crippen LogP contribution in [0.5, 0.6) is 5.75 Å². The van der Waals surface area contributed by atoms with Crippen molar-refractivity contribution < 1.29 is 4.74 Å². The van der Waals surface area contributed by atoms with Gasteiger partial charge in [-0.2, -0.15) is 5.10 Å². The van der Waals surface area contributed by atoms with Crippen molar-refractivity contribution in [3.63, 3.8) is 0 Å². The van der Waals surface area contributed by atoms with Crippen LogP contribution in [0.1, 0.15) is 12.6 Å². The maximum absolute atomic E-state index is 6.06. The standard InChI is InChI=1S/C15H19N5O/c1-3-21-13-6-4-5-12-14(13)17-15(16)20(12)10-8-11-7-9-19(2)18-11/h4-7,9H,3,8,10H2,1-2H3,(H2,16,17). The molecule has 0 saturated heterocycles. The van der Waals surface area contributed by atoms with E-state index in [4.69, 9.17) is 10.5 Å². The fraction of sp³-hybridized carbons (Fsp3) is 0.333. The van der Waals surface area contributed by atoms with Crippen molar-refractivity contribution in [3.05, 3.63) is 36.2 Å². The molecule has 0 aliphatic rings. The average Bonchev–Trinajstić information content (AvgIpc) is 3.01. The minimum atomic E-state index is 0.507. The molecule has 0 radical (unpaired) electrons. The van der Waals surface area contributed by atoms with Gasteiger partial charge in [0.05, 0.1) is 17.8 Å². The molecule has 0 aliphatic carbocycles. The molecular formula is C15H19N5O. The van der Waals surface area contributed by atoms with Crippen molar-refractivity contribution in [1.29, 1.82) is 0 Å². The van der Waals surface area contributed by atoms with Gasteiger partial charge in [-0.3, -0.25) is 4.68 Å². The summed E-state index contributed by atoms with van der Waals surface area (Å²) in [5.74, 6) is 1.28. The van der Waals surface area contributed by atoms with Crippen LogP contribution in [0.25, 0.3) is 11.0 Å². The molecule has 1 aromatic carbocycles. The first kappa shape index (κ1) is 13.5. The zero-order valence-corrected chi connectivity index (χ0v) is 12.3. The summed E-state index contributed by atoms with van der Waals surface area (Å²) >= 11 is 0. The zero-order chi connectivity index (χ0) is 14.8. The predicted molar refractivity (Wildman–Crippen MR) is 82.2 cm³/mol. The van der Waals surface area contributed by atoms with Gasteiger partial charge >= 0.3 is 0 Å². The Morgan fingerprint density at radius 2 is 2.14 bits per heavy atom. The summed E-state index contributed by atoms with van der Waals surface area (Å²) in [5, 5.41) is 4.38. The van der Waals surface area contributed by atoms with E-state index in [1.165, 1.54) is 0 Å². The fourth-order valence-corrected chi connectivity index (χ4v) is 2.47. The molecule has 0 bridgehead atoms. The van der Waals surface area contributed by atoms with E-state index in [1.807, 2.05) is 49.0 Å². The number of nitrogens with two attached hydrogens (primary N) is 1. The lowest BCUT2D eigenvalue weighted by Gasteiger charge is -2.06. The second-order valence-corrected chi connectivity index (χ2v) is 4.91. The number of imidazole rings is 1. The van der Waals surface area contributed by atoms with Gasteiger partial charge in [-0.15, -0.1) is 0 Å². The Kier molecular flexibility index (Phi) is 3.51. The number of hydrogen-bond acceptors (Lipinski definition) is 4. The Labute approximate surface area is 123 Å². The van der Waals surface area contributed by atoms with E-state index in [0.717, 1.165) is 35.4 Å². The van der Waals surface area contributed by atoms with Gasteiger partial charge in [0, 0.05) is 26.2 Å². The number of ether oxygens (including phenoxy) is 1. The predicted octanol–water partition coefficient (Wildman–Crippen LogP) is 1.99. The summed E-state index contributed by atoms with van der Waals surface area (Å²) in [6.45, 7) is 3.31. The number of nitrogen functional groups attached to an aromatic ring is 1. The number of fused-ring (bicyclic) bond motifs is 1. The first-order valence-corrected chi connectivity index (χ1v) is 7.05. The first-order valence-electron chi connectivity index (χ1n) is 7.05. The Hall–Kier alpha value is -2.50. The molecule has 0 fully saturated rings. The van der Waals surface area contributed by atoms with Gasteiger partial charge in [-0.25, -0.2) is 4.98 Å². The molecule has 2 aromatic heterocycles. The smallest absolute Gasteiger partial charge is 0.201 e. The van der Waals surface area contributed by atoms with Gasteiger partial charge in [0.1, 0.15) is 11.3 Å². The molecule has 0 spiro atoms. The molecule has 0 aliphatic heterocycles. The quantitative estimate of drug-likeness (QED) is 0.778. The normalized spacial score (nSPS) is 11.1. The molecule has 0 unspecified atom stereocenters. The molecule has 3 aromatic rings. The van der Waals surface area contributed by atoms with Crippen LogP contribution in [-0.4, -0.2) is 25.9 Å². The van der Waals surface area contributed by atoms with Crippen molar-refractivity contribution in [3.8, 4) is 5.75 Å². The number of para-hydroxylation sites is 1. The molecule has 6 nitrogen and oxygen atoms in total. The molecule has 0 atom stereocenters. The molecule has 0 amide bonds. The third-order valence-corrected chi connectivity index (χ3v) is 3.43. The van der Waals surface area contributed by atoms with Crippen molar-refractivity contribution in [1.82, 2.24) is 19.3 Å². The number of anilines is 1. The topological polar surface area (TPSA) is 70.9 Å². The second-order valence-electron chi connectivity index (χ2n) is 4.91. The van der Waals surface area contributed by atoms with E-state index in [1.54, 1.807) is 4.68 Å². The van der Waals surface area contributed by atoms with E-state index in [0.29, 0.717) is 12.6 Å². The van der Waals surface area contributed by atoms with E-state index in [-0.39, 0.29) is 0 Å². The Morgan fingerprint density at radius 3 is 2.86 bits per heavy atom. The molecular weight excluding hydrogens is 266 g/mol. The first-order chi connectivity index (χ1) is 10.2. The van der Waals surface area contributed by atoms with Crippen LogP contribution in [0.4, 0.5) is 5.95 Å². The monoisotopic (exact) mass is 285 g/mol. The van der Waals surface area contributed by atoms with Crippen LogP contribution in [0.2, 0.25) is 0 Å². The van der Waals surface area contributed by atoms with Crippen LogP contribution in [0.15, 0.2) is 30.5 Å². The highest BCUT2D eigenvalue weighted by Gasteiger charge is 2.12. The van der Waals surface area contributed by atoms with Crippen molar-refractivity contribution >= 4 is 17.0 Å². The molecule has 110 valence electrons. The maximum atomic E-state index is 6.06. The van der Waals surface area contributed by atoms with Gasteiger partial charge in [0.15, 0.2) is 0 Å². The zero-order valence-electron chi connectivity index (χ0n) is 12.3.